The fraction of sp³-hybridized carbons (Fsp3) is 0.273. The molecule has 84 valence electrons. The second kappa shape index (κ2) is 4.32. The summed E-state index contributed by atoms with van der Waals surface area (Å²) >= 11 is 0. The molecule has 1 aromatic heterocycles. The van der Waals surface area contributed by atoms with Crippen molar-refractivity contribution < 1.29 is 5.11 Å². The van der Waals surface area contributed by atoms with Gasteiger partial charge in [0.2, 0.25) is 0 Å². The number of hydrogen-bond acceptors (Lipinski definition) is 4. The summed E-state index contributed by atoms with van der Waals surface area (Å²) in [5.74, 6) is 0.732. The summed E-state index contributed by atoms with van der Waals surface area (Å²) in [6, 6.07) is 7.28. The van der Waals surface area contributed by atoms with E-state index in [2.05, 4.69) is 10.1 Å². The Morgan fingerprint density at radius 1 is 1.44 bits per heavy atom. The number of aliphatic hydroxyl groups excluding tert-OH is 1. The van der Waals surface area contributed by atoms with Gasteiger partial charge in [-0.1, -0.05) is 18.2 Å². The van der Waals surface area contributed by atoms with E-state index in [1.165, 1.54) is 6.33 Å². The van der Waals surface area contributed by atoms with Gasteiger partial charge in [0.1, 0.15) is 12.2 Å². The lowest BCUT2D eigenvalue weighted by Gasteiger charge is -2.12. The van der Waals surface area contributed by atoms with E-state index >= 15 is 0 Å². The molecule has 0 aliphatic carbocycles. The van der Waals surface area contributed by atoms with E-state index < -0.39 is 6.10 Å². The summed E-state index contributed by atoms with van der Waals surface area (Å²) in [5, 5.41) is 14.0. The average Bonchev–Trinajstić information content (AvgIpc) is 2.65. The van der Waals surface area contributed by atoms with Crippen LogP contribution in [0.5, 0.6) is 0 Å². The van der Waals surface area contributed by atoms with Gasteiger partial charge in [0.25, 0.3) is 0 Å². The SMILES string of the molecule is Cn1ncnc1CC(O)c1ccccc1N. The second-order valence-corrected chi connectivity index (χ2v) is 3.65. The largest absolute Gasteiger partial charge is 0.398 e. The topological polar surface area (TPSA) is 77.0 Å². The lowest BCUT2D eigenvalue weighted by atomic mass is 10.0. The molecular formula is C11H14N4O. The van der Waals surface area contributed by atoms with Crippen LogP contribution in [0.2, 0.25) is 0 Å². The molecule has 1 unspecified atom stereocenters. The average molecular weight is 218 g/mol. The lowest BCUT2D eigenvalue weighted by molar-refractivity contribution is 0.175. The Labute approximate surface area is 93.5 Å². The third-order valence-corrected chi connectivity index (χ3v) is 2.54. The van der Waals surface area contributed by atoms with Crippen LogP contribution in [0.4, 0.5) is 5.69 Å². The summed E-state index contributed by atoms with van der Waals surface area (Å²) < 4.78 is 1.64. The number of para-hydroxylation sites is 1. The first-order valence-corrected chi connectivity index (χ1v) is 5.04. The van der Waals surface area contributed by atoms with Crippen molar-refractivity contribution in [2.24, 2.45) is 7.05 Å². The number of benzene rings is 1. The summed E-state index contributed by atoms with van der Waals surface area (Å²) in [4.78, 5) is 4.06. The fourth-order valence-electron chi connectivity index (χ4n) is 1.60. The minimum atomic E-state index is -0.649. The predicted octanol–water partition coefficient (Wildman–Crippen LogP) is 0.673. The summed E-state index contributed by atoms with van der Waals surface area (Å²) in [5.41, 5.74) is 7.11. The Morgan fingerprint density at radius 2 is 2.19 bits per heavy atom. The number of nitrogen functional groups attached to an aromatic ring is 1. The Bertz CT molecular complexity index is 480. The Balaban J connectivity index is 2.18. The predicted molar refractivity (Wildman–Crippen MR) is 60.5 cm³/mol. The molecule has 0 radical (unpaired) electrons. The Morgan fingerprint density at radius 3 is 2.81 bits per heavy atom. The van der Waals surface area contributed by atoms with E-state index in [9.17, 15) is 5.11 Å². The molecule has 16 heavy (non-hydrogen) atoms. The number of nitrogens with two attached hydrogens (primary N) is 1. The zero-order chi connectivity index (χ0) is 11.5. The number of aliphatic hydroxyl groups is 1. The highest BCUT2D eigenvalue weighted by Crippen LogP contribution is 2.22. The third kappa shape index (κ3) is 2.04. The quantitative estimate of drug-likeness (QED) is 0.742. The maximum absolute atomic E-state index is 10.0. The molecule has 1 heterocycles. The molecule has 0 aliphatic rings. The van der Waals surface area contributed by atoms with Crippen molar-refractivity contribution in [3.8, 4) is 0 Å². The summed E-state index contributed by atoms with van der Waals surface area (Å²) in [6.45, 7) is 0. The molecule has 2 rings (SSSR count). The first kappa shape index (κ1) is 10.6. The molecule has 0 saturated heterocycles. The summed E-state index contributed by atoms with van der Waals surface area (Å²) in [7, 11) is 1.80. The fourth-order valence-corrected chi connectivity index (χ4v) is 1.60. The van der Waals surface area contributed by atoms with Crippen molar-refractivity contribution in [2.75, 3.05) is 5.73 Å². The van der Waals surface area contributed by atoms with Crippen LogP contribution >= 0.6 is 0 Å². The lowest BCUT2D eigenvalue weighted by Crippen LogP contribution is -2.09. The molecule has 2 aromatic rings. The molecular weight excluding hydrogens is 204 g/mol. The monoisotopic (exact) mass is 218 g/mol. The van der Waals surface area contributed by atoms with Gasteiger partial charge in [0, 0.05) is 24.7 Å². The minimum absolute atomic E-state index is 0.407. The van der Waals surface area contributed by atoms with Crippen molar-refractivity contribution in [3.63, 3.8) is 0 Å². The number of rotatable bonds is 3. The first-order chi connectivity index (χ1) is 7.68. The van der Waals surface area contributed by atoms with Gasteiger partial charge in [-0.05, 0) is 6.07 Å². The van der Waals surface area contributed by atoms with Crippen LogP contribution in [-0.2, 0) is 13.5 Å². The van der Waals surface area contributed by atoms with Crippen LogP contribution in [0.3, 0.4) is 0 Å². The first-order valence-electron chi connectivity index (χ1n) is 5.04. The van der Waals surface area contributed by atoms with Gasteiger partial charge in [0.15, 0.2) is 0 Å². The van der Waals surface area contributed by atoms with Gasteiger partial charge in [-0.25, -0.2) is 4.98 Å². The molecule has 0 bridgehead atoms. The van der Waals surface area contributed by atoms with Gasteiger partial charge in [0.05, 0.1) is 6.10 Å². The highest BCUT2D eigenvalue weighted by molar-refractivity contribution is 5.47. The third-order valence-electron chi connectivity index (χ3n) is 2.54. The second-order valence-electron chi connectivity index (χ2n) is 3.65. The van der Waals surface area contributed by atoms with Crippen LogP contribution in [0, 0.1) is 0 Å². The number of aromatic nitrogens is 3. The molecule has 0 spiro atoms. The standard InChI is InChI=1S/C11H14N4O/c1-15-11(13-7-14-15)6-10(16)8-4-2-3-5-9(8)12/h2-5,7,10,16H,6,12H2,1H3. The van der Waals surface area contributed by atoms with Crippen LogP contribution in [0.15, 0.2) is 30.6 Å². The van der Waals surface area contributed by atoms with Crippen LogP contribution in [0.1, 0.15) is 17.5 Å². The van der Waals surface area contributed by atoms with E-state index in [-0.39, 0.29) is 0 Å². The molecule has 1 atom stereocenters. The minimum Gasteiger partial charge on any atom is -0.398 e. The van der Waals surface area contributed by atoms with Crippen molar-refractivity contribution >= 4 is 5.69 Å². The highest BCUT2D eigenvalue weighted by Gasteiger charge is 2.13. The van der Waals surface area contributed by atoms with E-state index in [4.69, 9.17) is 5.73 Å². The molecule has 3 N–H and O–H groups in total. The van der Waals surface area contributed by atoms with E-state index in [0.717, 1.165) is 11.4 Å². The molecule has 0 fully saturated rings. The molecule has 0 saturated carbocycles. The van der Waals surface area contributed by atoms with E-state index in [1.54, 1.807) is 17.8 Å². The number of nitrogens with zero attached hydrogens (tertiary/aromatic N) is 3. The maximum atomic E-state index is 10.0. The molecule has 0 aliphatic heterocycles. The van der Waals surface area contributed by atoms with Crippen LogP contribution in [0.25, 0.3) is 0 Å². The van der Waals surface area contributed by atoms with Crippen molar-refractivity contribution in [1.29, 1.82) is 0 Å². The molecule has 5 nitrogen and oxygen atoms in total. The van der Waals surface area contributed by atoms with Gasteiger partial charge in [-0.15, -0.1) is 0 Å². The highest BCUT2D eigenvalue weighted by atomic mass is 16.3. The van der Waals surface area contributed by atoms with Crippen LogP contribution < -0.4 is 5.73 Å². The van der Waals surface area contributed by atoms with E-state index in [0.29, 0.717) is 12.1 Å². The number of hydrogen-bond donors (Lipinski definition) is 2. The number of anilines is 1. The smallest absolute Gasteiger partial charge is 0.138 e. The van der Waals surface area contributed by atoms with E-state index in [1.807, 2.05) is 18.2 Å². The maximum Gasteiger partial charge on any atom is 0.138 e. The van der Waals surface area contributed by atoms with Crippen LogP contribution in [-0.4, -0.2) is 19.9 Å². The molecule has 5 heteroatoms. The van der Waals surface area contributed by atoms with Gasteiger partial charge in [-0.2, -0.15) is 5.10 Å². The number of aryl methyl sites for hydroxylation is 1. The van der Waals surface area contributed by atoms with Crippen molar-refractivity contribution in [3.05, 3.63) is 42.0 Å². The zero-order valence-corrected chi connectivity index (χ0v) is 9.04. The zero-order valence-electron chi connectivity index (χ0n) is 9.04. The van der Waals surface area contributed by atoms with Crippen molar-refractivity contribution in [2.45, 2.75) is 12.5 Å². The molecule has 0 amide bonds. The summed E-state index contributed by atoms with van der Waals surface area (Å²) in [6.07, 6.45) is 1.23. The molecule has 1 aromatic carbocycles. The van der Waals surface area contributed by atoms with Crippen molar-refractivity contribution in [1.82, 2.24) is 14.8 Å². The Hall–Kier alpha value is -1.88. The van der Waals surface area contributed by atoms with Gasteiger partial charge in [-0.3, -0.25) is 4.68 Å². The normalized spacial score (nSPS) is 12.6. The van der Waals surface area contributed by atoms with Gasteiger partial charge < -0.3 is 10.8 Å². The Kier molecular flexibility index (Phi) is 2.87. The van der Waals surface area contributed by atoms with Gasteiger partial charge >= 0.3 is 0 Å².